The van der Waals surface area contributed by atoms with Gasteiger partial charge in [0.05, 0.1) is 16.6 Å². The van der Waals surface area contributed by atoms with Crippen LogP contribution in [0.25, 0.3) is 16.7 Å². The van der Waals surface area contributed by atoms with Crippen molar-refractivity contribution in [2.75, 3.05) is 31.1 Å². The number of imidazole rings is 1. The molecule has 0 spiro atoms. The first kappa shape index (κ1) is 21.8. The molecule has 6 heteroatoms. The zero-order valence-electron chi connectivity index (χ0n) is 19.2. The van der Waals surface area contributed by atoms with Crippen LogP contribution < -0.4 is 4.90 Å². The van der Waals surface area contributed by atoms with Crippen molar-refractivity contribution in [2.24, 2.45) is 0 Å². The number of nitriles is 1. The van der Waals surface area contributed by atoms with Crippen LogP contribution in [0.2, 0.25) is 5.02 Å². The number of anilines is 1. The second-order valence-electron chi connectivity index (χ2n) is 8.81. The van der Waals surface area contributed by atoms with Crippen molar-refractivity contribution in [1.29, 1.82) is 5.26 Å². The van der Waals surface area contributed by atoms with Crippen molar-refractivity contribution in [2.45, 2.75) is 33.2 Å². The number of hydrogen-bond acceptors (Lipinski definition) is 4. The van der Waals surface area contributed by atoms with Crippen LogP contribution in [-0.4, -0.2) is 40.5 Å². The van der Waals surface area contributed by atoms with E-state index in [1.54, 1.807) is 0 Å². The van der Waals surface area contributed by atoms with Gasteiger partial charge in [0.1, 0.15) is 11.9 Å². The molecule has 33 heavy (non-hydrogen) atoms. The molecule has 0 radical (unpaired) electrons. The first-order chi connectivity index (χ1) is 16.1. The Morgan fingerprint density at radius 2 is 1.76 bits per heavy atom. The Morgan fingerprint density at radius 3 is 2.45 bits per heavy atom. The first-order valence-electron chi connectivity index (χ1n) is 11.6. The summed E-state index contributed by atoms with van der Waals surface area (Å²) in [5.41, 5.74) is 7.10. The second-order valence-corrected chi connectivity index (χ2v) is 9.25. The minimum absolute atomic E-state index is 0.694. The van der Waals surface area contributed by atoms with Crippen molar-refractivity contribution in [3.63, 3.8) is 0 Å². The highest BCUT2D eigenvalue weighted by molar-refractivity contribution is 6.30. The maximum Gasteiger partial charge on any atom is 0.157 e. The lowest BCUT2D eigenvalue weighted by Gasteiger charge is -2.38. The Balaban J connectivity index is 1.54. The number of para-hydroxylation sites is 2. The summed E-state index contributed by atoms with van der Waals surface area (Å²) in [5.74, 6) is 1.21. The molecule has 0 N–H and O–H groups in total. The molecule has 1 saturated heterocycles. The fraction of sp³-hybridized carbons (Fsp3) is 0.333. The van der Waals surface area contributed by atoms with Crippen molar-refractivity contribution < 1.29 is 0 Å². The van der Waals surface area contributed by atoms with E-state index >= 15 is 0 Å². The van der Waals surface area contributed by atoms with E-state index in [4.69, 9.17) is 16.6 Å². The van der Waals surface area contributed by atoms with Crippen LogP contribution in [0.4, 0.5) is 5.82 Å². The fourth-order valence-corrected chi connectivity index (χ4v) is 5.14. The maximum atomic E-state index is 10.00. The summed E-state index contributed by atoms with van der Waals surface area (Å²) in [4.78, 5) is 9.87. The molecular weight excluding hydrogens is 430 g/mol. The summed E-state index contributed by atoms with van der Waals surface area (Å²) in [5, 5.41) is 10.8. The average Bonchev–Trinajstić information content (AvgIpc) is 3.21. The topological polar surface area (TPSA) is 47.6 Å². The third-order valence-corrected chi connectivity index (χ3v) is 6.95. The molecule has 0 saturated carbocycles. The van der Waals surface area contributed by atoms with Gasteiger partial charge >= 0.3 is 0 Å². The molecule has 4 aromatic rings. The minimum atomic E-state index is 0.694. The first-order valence-corrected chi connectivity index (χ1v) is 12.0. The van der Waals surface area contributed by atoms with E-state index in [1.807, 2.05) is 24.3 Å². The molecule has 5 nitrogen and oxygen atoms in total. The number of nitrogens with zero attached hydrogens (tertiary/aromatic N) is 5. The van der Waals surface area contributed by atoms with Crippen LogP contribution in [0.15, 0.2) is 48.5 Å². The predicted octanol–water partition coefficient (Wildman–Crippen LogP) is 5.60. The number of benzene rings is 2. The zero-order chi connectivity index (χ0) is 22.9. The van der Waals surface area contributed by atoms with E-state index in [2.05, 4.69) is 58.4 Å². The van der Waals surface area contributed by atoms with Crippen LogP contribution >= 0.6 is 11.6 Å². The Morgan fingerprint density at radius 1 is 1.03 bits per heavy atom. The molecular formula is C27H28ClN5. The highest BCUT2D eigenvalue weighted by Crippen LogP contribution is 2.34. The monoisotopic (exact) mass is 457 g/mol. The molecule has 1 fully saturated rings. The van der Waals surface area contributed by atoms with Gasteiger partial charge in [-0.2, -0.15) is 5.26 Å². The molecule has 2 aromatic carbocycles. The average molecular weight is 458 g/mol. The molecule has 1 aliphatic heterocycles. The van der Waals surface area contributed by atoms with E-state index in [1.165, 1.54) is 16.9 Å². The molecule has 5 rings (SSSR count). The van der Waals surface area contributed by atoms with Gasteiger partial charge in [0, 0.05) is 37.7 Å². The number of fused-ring (bicyclic) bond motifs is 3. The molecule has 0 atom stereocenters. The van der Waals surface area contributed by atoms with E-state index in [0.29, 0.717) is 5.56 Å². The second kappa shape index (κ2) is 9.05. The molecule has 0 unspecified atom stereocenters. The summed E-state index contributed by atoms with van der Waals surface area (Å²) in [7, 11) is 0. The van der Waals surface area contributed by atoms with Crippen molar-refractivity contribution in [3.05, 3.63) is 75.8 Å². The van der Waals surface area contributed by atoms with E-state index in [0.717, 1.165) is 72.8 Å². The Kier molecular flexibility index (Phi) is 5.97. The Labute approximate surface area is 199 Å². The number of halogens is 1. The zero-order valence-corrected chi connectivity index (χ0v) is 19.9. The van der Waals surface area contributed by atoms with Gasteiger partial charge in [-0.25, -0.2) is 4.98 Å². The third kappa shape index (κ3) is 3.94. The number of hydrogen-bond donors (Lipinski definition) is 0. The smallest absolute Gasteiger partial charge is 0.157 e. The van der Waals surface area contributed by atoms with E-state index in [9.17, 15) is 5.26 Å². The van der Waals surface area contributed by atoms with Crippen molar-refractivity contribution in [1.82, 2.24) is 14.3 Å². The lowest BCUT2D eigenvalue weighted by molar-refractivity contribution is 0.249. The fourth-order valence-electron chi connectivity index (χ4n) is 5.01. The lowest BCUT2D eigenvalue weighted by atomic mass is 10.00. The van der Waals surface area contributed by atoms with Crippen LogP contribution in [0, 0.1) is 18.3 Å². The molecule has 0 bridgehead atoms. The van der Waals surface area contributed by atoms with Gasteiger partial charge in [0.2, 0.25) is 0 Å². The van der Waals surface area contributed by atoms with Gasteiger partial charge in [-0.15, -0.1) is 0 Å². The minimum Gasteiger partial charge on any atom is -0.355 e. The van der Waals surface area contributed by atoms with Crippen LogP contribution in [0.3, 0.4) is 0 Å². The normalized spacial score (nSPS) is 14.8. The third-order valence-electron chi connectivity index (χ3n) is 6.70. The van der Waals surface area contributed by atoms with Crippen molar-refractivity contribution >= 4 is 34.1 Å². The van der Waals surface area contributed by atoms with Gasteiger partial charge in [-0.1, -0.05) is 49.2 Å². The van der Waals surface area contributed by atoms with Gasteiger partial charge < -0.3 is 4.90 Å². The van der Waals surface area contributed by atoms with Crippen molar-refractivity contribution in [3.8, 4) is 6.07 Å². The highest BCUT2D eigenvalue weighted by Gasteiger charge is 2.26. The summed E-state index contributed by atoms with van der Waals surface area (Å²) < 4.78 is 2.24. The number of piperazine rings is 1. The van der Waals surface area contributed by atoms with E-state index < -0.39 is 0 Å². The SMILES string of the molecule is CCCc1c(C)c(C#N)c2nc3ccccc3n2c1N1CCN(Cc2ccc(Cl)cc2)CC1. The quantitative estimate of drug-likeness (QED) is 0.391. The molecule has 168 valence electrons. The van der Waals surface area contributed by atoms with Crippen LogP contribution in [0.1, 0.15) is 35.6 Å². The van der Waals surface area contributed by atoms with Crippen LogP contribution in [0.5, 0.6) is 0 Å². The van der Waals surface area contributed by atoms with Gasteiger partial charge in [0.25, 0.3) is 0 Å². The number of rotatable bonds is 5. The largest absolute Gasteiger partial charge is 0.355 e. The lowest BCUT2D eigenvalue weighted by Crippen LogP contribution is -2.47. The van der Waals surface area contributed by atoms with Crippen LogP contribution in [-0.2, 0) is 13.0 Å². The molecule has 0 amide bonds. The molecule has 1 aliphatic rings. The van der Waals surface area contributed by atoms with Gasteiger partial charge in [-0.05, 0) is 54.3 Å². The van der Waals surface area contributed by atoms with E-state index in [-0.39, 0.29) is 0 Å². The predicted molar refractivity (Wildman–Crippen MR) is 135 cm³/mol. The Bertz CT molecular complexity index is 1340. The molecule has 3 heterocycles. The standard InChI is InChI=1S/C27H28ClN5/c1-3-6-22-19(2)23(17-29)26-30-24-7-4-5-8-25(24)33(26)27(22)32-15-13-31(14-16-32)18-20-9-11-21(28)12-10-20/h4-5,7-12H,3,6,13-16,18H2,1-2H3. The number of pyridine rings is 1. The maximum absolute atomic E-state index is 10.00. The summed E-state index contributed by atoms with van der Waals surface area (Å²) >= 11 is 6.05. The van der Waals surface area contributed by atoms with Gasteiger partial charge in [0.15, 0.2) is 5.65 Å². The summed E-state index contributed by atoms with van der Waals surface area (Å²) in [6.07, 6.45) is 1.98. The summed E-state index contributed by atoms with van der Waals surface area (Å²) in [6, 6.07) is 18.8. The molecule has 2 aromatic heterocycles. The summed E-state index contributed by atoms with van der Waals surface area (Å²) in [6.45, 7) is 9.08. The van der Waals surface area contributed by atoms with Gasteiger partial charge in [-0.3, -0.25) is 9.30 Å². The number of aromatic nitrogens is 2. The Hall–Kier alpha value is -3.07. The molecule has 0 aliphatic carbocycles. The highest BCUT2D eigenvalue weighted by atomic mass is 35.5.